The Morgan fingerprint density at radius 3 is 2.68 bits per heavy atom. The fourth-order valence-corrected chi connectivity index (χ4v) is 4.57. The highest BCUT2D eigenvalue weighted by molar-refractivity contribution is 9.10. The topological polar surface area (TPSA) is 38.8 Å². The molecule has 1 fully saturated rings. The van der Waals surface area contributed by atoms with E-state index in [-0.39, 0.29) is 11.3 Å². The number of benzene rings is 2. The molecule has 2 aromatic rings. The van der Waals surface area contributed by atoms with Crippen LogP contribution in [-0.2, 0) is 4.79 Å². The van der Waals surface area contributed by atoms with Gasteiger partial charge in [-0.05, 0) is 64.8 Å². The first-order valence-electron chi connectivity index (χ1n) is 7.74. The van der Waals surface area contributed by atoms with E-state index in [1.165, 1.54) is 0 Å². The lowest BCUT2D eigenvalue weighted by Gasteiger charge is -2.25. The number of carbonyl (C=O) groups is 1. The van der Waals surface area contributed by atoms with E-state index in [4.69, 9.17) is 21.1 Å². The van der Waals surface area contributed by atoms with E-state index in [1.54, 1.807) is 35.9 Å². The van der Waals surface area contributed by atoms with Crippen molar-refractivity contribution in [3.8, 4) is 11.5 Å². The monoisotopic (exact) mass is 441 g/mol. The molecule has 7 heteroatoms. The van der Waals surface area contributed by atoms with E-state index in [0.717, 1.165) is 15.7 Å². The van der Waals surface area contributed by atoms with E-state index in [2.05, 4.69) is 15.9 Å². The third-order valence-electron chi connectivity index (χ3n) is 3.80. The van der Waals surface area contributed by atoms with Crippen LogP contribution in [0.25, 0.3) is 0 Å². The van der Waals surface area contributed by atoms with Crippen LogP contribution in [0.2, 0.25) is 5.02 Å². The molecule has 0 aromatic heterocycles. The number of ether oxygens (including phenoxy) is 2. The average molecular weight is 443 g/mol. The van der Waals surface area contributed by atoms with Crippen LogP contribution in [0.1, 0.15) is 17.9 Å². The molecule has 1 heterocycles. The minimum Gasteiger partial charge on any atom is -0.493 e. The summed E-state index contributed by atoms with van der Waals surface area (Å²) in [4.78, 5) is 14.3. The van der Waals surface area contributed by atoms with Crippen molar-refractivity contribution in [2.24, 2.45) is 0 Å². The van der Waals surface area contributed by atoms with E-state index in [0.29, 0.717) is 28.9 Å². The smallest absolute Gasteiger partial charge is 0.238 e. The molecule has 1 saturated heterocycles. The molecule has 0 spiro atoms. The van der Waals surface area contributed by atoms with E-state index in [1.807, 2.05) is 31.2 Å². The Labute approximate surface area is 164 Å². The number of hydrogen-bond donors (Lipinski definition) is 0. The summed E-state index contributed by atoms with van der Waals surface area (Å²) in [6, 6.07) is 11.2. The fourth-order valence-electron chi connectivity index (χ4n) is 2.72. The van der Waals surface area contributed by atoms with Crippen LogP contribution in [0.5, 0.6) is 11.5 Å². The highest BCUT2D eigenvalue weighted by atomic mass is 79.9. The fraction of sp³-hybridized carbons (Fsp3) is 0.278. The number of halogens is 2. The number of amides is 1. The van der Waals surface area contributed by atoms with E-state index in [9.17, 15) is 4.79 Å². The lowest BCUT2D eigenvalue weighted by Crippen LogP contribution is -2.27. The number of carbonyl (C=O) groups excluding carboxylic acids is 1. The summed E-state index contributed by atoms with van der Waals surface area (Å²) in [6.45, 7) is 2.47. The Morgan fingerprint density at radius 1 is 1.32 bits per heavy atom. The zero-order chi connectivity index (χ0) is 18.0. The van der Waals surface area contributed by atoms with Crippen molar-refractivity contribution >= 4 is 50.9 Å². The van der Waals surface area contributed by atoms with Crippen LogP contribution < -0.4 is 14.4 Å². The molecule has 0 saturated carbocycles. The van der Waals surface area contributed by atoms with E-state index < -0.39 is 0 Å². The molecule has 132 valence electrons. The molecule has 4 nitrogen and oxygen atoms in total. The van der Waals surface area contributed by atoms with Gasteiger partial charge < -0.3 is 9.47 Å². The Balaban J connectivity index is 2.01. The van der Waals surface area contributed by atoms with Gasteiger partial charge in [-0.25, -0.2) is 0 Å². The minimum atomic E-state index is -0.130. The van der Waals surface area contributed by atoms with Crippen LogP contribution in [0.15, 0.2) is 40.9 Å². The van der Waals surface area contributed by atoms with Crippen molar-refractivity contribution in [2.75, 3.05) is 24.4 Å². The highest BCUT2D eigenvalue weighted by Gasteiger charge is 2.35. The van der Waals surface area contributed by atoms with Crippen molar-refractivity contribution in [3.05, 3.63) is 51.5 Å². The van der Waals surface area contributed by atoms with Crippen LogP contribution >= 0.6 is 39.3 Å². The second-order valence-corrected chi connectivity index (χ2v) is 7.73. The molecule has 0 N–H and O–H groups in total. The summed E-state index contributed by atoms with van der Waals surface area (Å²) in [7, 11) is 1.61. The SMILES string of the molecule is CCOc1c(Br)cc([C@H]2SCC(=O)N2c2ccc(Cl)cc2)cc1OC. The van der Waals surface area contributed by atoms with Gasteiger partial charge in [0.25, 0.3) is 0 Å². The minimum absolute atomic E-state index is 0.0706. The maximum atomic E-state index is 12.5. The summed E-state index contributed by atoms with van der Waals surface area (Å²) >= 11 is 11.1. The third kappa shape index (κ3) is 3.76. The number of rotatable bonds is 5. The number of anilines is 1. The normalized spacial score (nSPS) is 17.0. The van der Waals surface area contributed by atoms with Crippen LogP contribution in [-0.4, -0.2) is 25.4 Å². The van der Waals surface area contributed by atoms with Gasteiger partial charge in [-0.15, -0.1) is 11.8 Å². The first-order valence-corrected chi connectivity index (χ1v) is 9.96. The standard InChI is InChI=1S/C18H17BrClNO3S/c1-3-24-17-14(19)8-11(9-15(17)23-2)18-21(16(22)10-25-18)13-6-4-12(20)5-7-13/h4-9,18H,3,10H2,1-2H3/t18-/m1/s1. The summed E-state index contributed by atoms with van der Waals surface area (Å²) in [5.41, 5.74) is 1.80. The molecule has 0 aliphatic carbocycles. The molecule has 0 radical (unpaired) electrons. The quantitative estimate of drug-likeness (QED) is 0.631. The van der Waals surface area contributed by atoms with Crippen LogP contribution in [0, 0.1) is 0 Å². The van der Waals surface area contributed by atoms with Gasteiger partial charge in [-0.1, -0.05) is 11.6 Å². The van der Waals surface area contributed by atoms with Crippen molar-refractivity contribution in [1.82, 2.24) is 0 Å². The highest BCUT2D eigenvalue weighted by Crippen LogP contribution is 2.46. The Kier molecular flexibility index (Phi) is 5.81. The van der Waals surface area contributed by atoms with Crippen LogP contribution in [0.3, 0.4) is 0 Å². The molecule has 0 bridgehead atoms. The zero-order valence-electron chi connectivity index (χ0n) is 13.8. The van der Waals surface area contributed by atoms with Crippen molar-refractivity contribution in [1.29, 1.82) is 0 Å². The number of hydrogen-bond acceptors (Lipinski definition) is 4. The second kappa shape index (κ2) is 7.89. The first kappa shape index (κ1) is 18.4. The van der Waals surface area contributed by atoms with Gasteiger partial charge in [0.2, 0.25) is 5.91 Å². The first-order chi connectivity index (χ1) is 12.0. The van der Waals surface area contributed by atoms with Gasteiger partial charge in [-0.2, -0.15) is 0 Å². The summed E-state index contributed by atoms with van der Waals surface area (Å²) in [5, 5.41) is 0.514. The van der Waals surface area contributed by atoms with Gasteiger partial charge in [0, 0.05) is 10.7 Å². The Morgan fingerprint density at radius 2 is 2.04 bits per heavy atom. The van der Waals surface area contributed by atoms with E-state index >= 15 is 0 Å². The predicted octanol–water partition coefficient (Wildman–Crippen LogP) is 5.29. The molecule has 1 aliphatic heterocycles. The molecule has 25 heavy (non-hydrogen) atoms. The summed E-state index contributed by atoms with van der Waals surface area (Å²) in [6.07, 6.45) is 0. The maximum Gasteiger partial charge on any atom is 0.238 e. The molecule has 3 rings (SSSR count). The molecule has 1 aliphatic rings. The number of methoxy groups -OCH3 is 1. The van der Waals surface area contributed by atoms with Crippen molar-refractivity contribution < 1.29 is 14.3 Å². The van der Waals surface area contributed by atoms with Gasteiger partial charge in [0.05, 0.1) is 23.9 Å². The summed E-state index contributed by atoms with van der Waals surface area (Å²) in [5.74, 6) is 1.81. The number of nitrogens with zero attached hydrogens (tertiary/aromatic N) is 1. The average Bonchev–Trinajstić information content (AvgIpc) is 2.99. The molecule has 1 amide bonds. The molecule has 0 unspecified atom stereocenters. The van der Waals surface area contributed by atoms with Crippen molar-refractivity contribution in [2.45, 2.75) is 12.3 Å². The Hall–Kier alpha value is -1.37. The number of thioether (sulfide) groups is 1. The third-order valence-corrected chi connectivity index (χ3v) is 5.85. The lowest BCUT2D eigenvalue weighted by atomic mass is 10.1. The van der Waals surface area contributed by atoms with Crippen LogP contribution in [0.4, 0.5) is 5.69 Å². The van der Waals surface area contributed by atoms with Gasteiger partial charge >= 0.3 is 0 Å². The molecule has 1 atom stereocenters. The van der Waals surface area contributed by atoms with Gasteiger partial charge in [0.1, 0.15) is 5.37 Å². The maximum absolute atomic E-state index is 12.5. The zero-order valence-corrected chi connectivity index (χ0v) is 17.0. The van der Waals surface area contributed by atoms with Gasteiger partial charge in [0.15, 0.2) is 11.5 Å². The lowest BCUT2D eigenvalue weighted by molar-refractivity contribution is -0.115. The predicted molar refractivity (Wildman–Crippen MR) is 106 cm³/mol. The Bertz CT molecular complexity index is 785. The van der Waals surface area contributed by atoms with Gasteiger partial charge in [-0.3, -0.25) is 9.69 Å². The molecular weight excluding hydrogens is 426 g/mol. The van der Waals surface area contributed by atoms with Crippen molar-refractivity contribution in [3.63, 3.8) is 0 Å². The largest absolute Gasteiger partial charge is 0.493 e. The molecular formula is C18H17BrClNO3S. The second-order valence-electron chi connectivity index (χ2n) is 5.37. The molecule has 2 aromatic carbocycles. The summed E-state index contributed by atoms with van der Waals surface area (Å²) < 4.78 is 11.9.